The number of halogens is 1. The summed E-state index contributed by atoms with van der Waals surface area (Å²) in [4.78, 5) is 0. The van der Waals surface area contributed by atoms with Gasteiger partial charge in [-0.05, 0) is 37.9 Å². The van der Waals surface area contributed by atoms with Crippen LogP contribution >= 0.6 is 11.6 Å². The van der Waals surface area contributed by atoms with Crippen LogP contribution in [0.5, 0.6) is 0 Å². The number of rotatable bonds is 8. The van der Waals surface area contributed by atoms with Crippen LogP contribution in [-0.2, 0) is 16.6 Å². The van der Waals surface area contributed by atoms with Crippen molar-refractivity contribution < 1.29 is 4.21 Å². The van der Waals surface area contributed by atoms with Crippen LogP contribution in [0.4, 0.5) is 0 Å². The summed E-state index contributed by atoms with van der Waals surface area (Å²) < 4.78 is 11.9. The summed E-state index contributed by atoms with van der Waals surface area (Å²) in [6.07, 6.45) is 2.06. The SMILES string of the molecule is CCNC(C)CCCS(=O)Cc1ccccc1Cl. The molecule has 1 aromatic rings. The first kappa shape index (κ1) is 15.7. The highest BCUT2D eigenvalue weighted by Gasteiger charge is 2.06. The zero-order valence-corrected chi connectivity index (χ0v) is 12.7. The molecular weight excluding hydrogens is 266 g/mol. The lowest BCUT2D eigenvalue weighted by atomic mass is 10.2. The van der Waals surface area contributed by atoms with Gasteiger partial charge in [-0.25, -0.2) is 0 Å². The van der Waals surface area contributed by atoms with Gasteiger partial charge in [0.15, 0.2) is 0 Å². The van der Waals surface area contributed by atoms with Gasteiger partial charge in [-0.2, -0.15) is 0 Å². The van der Waals surface area contributed by atoms with E-state index in [9.17, 15) is 4.21 Å². The molecule has 2 unspecified atom stereocenters. The standard InChI is InChI=1S/C14H22ClNOS/c1-3-16-12(2)7-6-10-18(17)11-13-8-4-5-9-14(13)15/h4-5,8-9,12,16H,3,6-7,10-11H2,1-2H3. The van der Waals surface area contributed by atoms with E-state index in [1.54, 1.807) is 0 Å². The van der Waals surface area contributed by atoms with E-state index in [4.69, 9.17) is 11.6 Å². The Morgan fingerprint density at radius 2 is 2.11 bits per heavy atom. The average Bonchev–Trinajstić information content (AvgIpc) is 2.32. The molecule has 0 heterocycles. The largest absolute Gasteiger partial charge is 0.315 e. The van der Waals surface area contributed by atoms with Crippen LogP contribution in [-0.4, -0.2) is 22.5 Å². The van der Waals surface area contributed by atoms with E-state index in [1.165, 1.54) is 0 Å². The summed E-state index contributed by atoms with van der Waals surface area (Å²) in [7, 11) is -0.814. The van der Waals surface area contributed by atoms with Crippen molar-refractivity contribution in [3.05, 3.63) is 34.9 Å². The summed E-state index contributed by atoms with van der Waals surface area (Å²) in [6.45, 7) is 5.26. The van der Waals surface area contributed by atoms with E-state index in [2.05, 4.69) is 19.2 Å². The summed E-state index contributed by atoms with van der Waals surface area (Å²) in [5.41, 5.74) is 0.984. The van der Waals surface area contributed by atoms with Crippen molar-refractivity contribution in [1.29, 1.82) is 0 Å². The van der Waals surface area contributed by atoms with E-state index in [-0.39, 0.29) is 0 Å². The third-order valence-corrected chi connectivity index (χ3v) is 4.58. The Morgan fingerprint density at radius 3 is 2.78 bits per heavy atom. The Kier molecular flexibility index (Phi) is 7.56. The van der Waals surface area contributed by atoms with E-state index in [0.29, 0.717) is 16.8 Å². The first-order valence-electron chi connectivity index (χ1n) is 6.45. The molecule has 2 nitrogen and oxygen atoms in total. The summed E-state index contributed by atoms with van der Waals surface area (Å²) >= 11 is 6.05. The van der Waals surface area contributed by atoms with E-state index in [1.807, 2.05) is 24.3 Å². The maximum Gasteiger partial charge on any atom is 0.0500 e. The lowest BCUT2D eigenvalue weighted by molar-refractivity contribution is 0.525. The van der Waals surface area contributed by atoms with Crippen LogP contribution in [0.25, 0.3) is 0 Å². The number of benzene rings is 1. The molecule has 1 rings (SSSR count). The maximum atomic E-state index is 11.9. The molecule has 18 heavy (non-hydrogen) atoms. The van der Waals surface area contributed by atoms with Crippen molar-refractivity contribution in [2.45, 2.75) is 38.5 Å². The van der Waals surface area contributed by atoms with Gasteiger partial charge < -0.3 is 5.32 Å². The predicted molar refractivity (Wildman–Crippen MR) is 80.5 cm³/mol. The molecular formula is C14H22ClNOS. The Hall–Kier alpha value is -0.380. The predicted octanol–water partition coefficient (Wildman–Crippen LogP) is 3.37. The number of hydrogen-bond acceptors (Lipinski definition) is 2. The first-order chi connectivity index (χ1) is 8.63. The first-order valence-corrected chi connectivity index (χ1v) is 8.31. The molecule has 0 radical (unpaired) electrons. The third-order valence-electron chi connectivity index (χ3n) is 2.84. The van der Waals surface area contributed by atoms with Crippen LogP contribution in [0.2, 0.25) is 5.02 Å². The minimum atomic E-state index is -0.814. The van der Waals surface area contributed by atoms with Crippen LogP contribution in [0.15, 0.2) is 24.3 Å². The van der Waals surface area contributed by atoms with Gasteiger partial charge in [0.1, 0.15) is 0 Å². The van der Waals surface area contributed by atoms with Crippen LogP contribution in [0.3, 0.4) is 0 Å². The fourth-order valence-electron chi connectivity index (χ4n) is 1.86. The summed E-state index contributed by atoms with van der Waals surface area (Å²) in [5.74, 6) is 1.32. The Balaban J connectivity index is 2.28. The highest BCUT2D eigenvalue weighted by molar-refractivity contribution is 7.84. The van der Waals surface area contributed by atoms with Gasteiger partial charge in [0.25, 0.3) is 0 Å². The van der Waals surface area contributed by atoms with Crippen LogP contribution in [0.1, 0.15) is 32.3 Å². The molecule has 0 bridgehead atoms. The summed E-state index contributed by atoms with van der Waals surface area (Å²) in [5, 5.41) is 4.07. The second-order valence-electron chi connectivity index (χ2n) is 4.48. The minimum Gasteiger partial charge on any atom is -0.315 e. The lowest BCUT2D eigenvalue weighted by Gasteiger charge is -2.11. The highest BCUT2D eigenvalue weighted by atomic mass is 35.5. The van der Waals surface area contributed by atoms with Gasteiger partial charge in [0.05, 0.1) is 0 Å². The monoisotopic (exact) mass is 287 g/mol. The molecule has 1 N–H and O–H groups in total. The van der Waals surface area contributed by atoms with Crippen molar-refractivity contribution in [2.75, 3.05) is 12.3 Å². The normalized spacial score (nSPS) is 14.4. The van der Waals surface area contributed by atoms with Gasteiger partial charge in [-0.1, -0.05) is 36.7 Å². The summed E-state index contributed by atoms with van der Waals surface area (Å²) in [6, 6.07) is 8.13. The van der Waals surface area contributed by atoms with Gasteiger partial charge in [-0.3, -0.25) is 4.21 Å². The Labute approximate surface area is 118 Å². The molecule has 0 fully saturated rings. The van der Waals surface area contributed by atoms with Gasteiger partial charge in [0, 0.05) is 33.4 Å². The topological polar surface area (TPSA) is 29.1 Å². The Bertz CT molecular complexity index is 384. The molecule has 4 heteroatoms. The quantitative estimate of drug-likeness (QED) is 0.794. The third kappa shape index (κ3) is 5.98. The zero-order chi connectivity index (χ0) is 13.4. The average molecular weight is 288 g/mol. The molecule has 102 valence electrons. The van der Waals surface area contributed by atoms with Crippen molar-refractivity contribution in [2.24, 2.45) is 0 Å². The molecule has 0 spiro atoms. The molecule has 1 aromatic carbocycles. The Morgan fingerprint density at radius 1 is 1.39 bits per heavy atom. The molecule has 2 atom stereocenters. The van der Waals surface area contributed by atoms with Crippen molar-refractivity contribution in [1.82, 2.24) is 5.32 Å². The minimum absolute atomic E-state index is 0.507. The van der Waals surface area contributed by atoms with Gasteiger partial charge in [-0.15, -0.1) is 0 Å². The van der Waals surface area contributed by atoms with Gasteiger partial charge in [0.2, 0.25) is 0 Å². The van der Waals surface area contributed by atoms with E-state index in [0.717, 1.165) is 30.7 Å². The molecule has 0 aromatic heterocycles. The number of nitrogens with one attached hydrogen (secondary N) is 1. The van der Waals surface area contributed by atoms with E-state index >= 15 is 0 Å². The second-order valence-corrected chi connectivity index (χ2v) is 6.46. The van der Waals surface area contributed by atoms with Crippen molar-refractivity contribution >= 4 is 22.4 Å². The highest BCUT2D eigenvalue weighted by Crippen LogP contribution is 2.17. The number of hydrogen-bond donors (Lipinski definition) is 1. The van der Waals surface area contributed by atoms with Crippen LogP contribution in [0, 0.1) is 0 Å². The molecule has 0 saturated heterocycles. The van der Waals surface area contributed by atoms with Crippen molar-refractivity contribution in [3.63, 3.8) is 0 Å². The second kappa shape index (κ2) is 8.68. The molecule has 0 amide bonds. The van der Waals surface area contributed by atoms with Crippen LogP contribution < -0.4 is 5.32 Å². The molecule has 0 saturated carbocycles. The molecule has 0 aliphatic rings. The molecule has 0 aliphatic heterocycles. The van der Waals surface area contributed by atoms with Gasteiger partial charge >= 0.3 is 0 Å². The maximum absolute atomic E-state index is 11.9. The van der Waals surface area contributed by atoms with Crippen molar-refractivity contribution in [3.8, 4) is 0 Å². The fraction of sp³-hybridized carbons (Fsp3) is 0.571. The lowest BCUT2D eigenvalue weighted by Crippen LogP contribution is -2.25. The fourth-order valence-corrected chi connectivity index (χ4v) is 3.38. The van der Waals surface area contributed by atoms with E-state index < -0.39 is 10.8 Å². The molecule has 0 aliphatic carbocycles. The smallest absolute Gasteiger partial charge is 0.0500 e. The zero-order valence-electron chi connectivity index (χ0n) is 11.1.